The van der Waals surface area contributed by atoms with E-state index in [4.69, 9.17) is 15.2 Å². The van der Waals surface area contributed by atoms with Gasteiger partial charge in [-0.2, -0.15) is 0 Å². The second-order valence-electron chi connectivity index (χ2n) is 6.24. The van der Waals surface area contributed by atoms with E-state index >= 15 is 0 Å². The predicted octanol–water partition coefficient (Wildman–Crippen LogP) is -1.91. The molecule has 3 unspecified atom stereocenters. The molecular weight excluding hydrogens is 344 g/mol. The summed E-state index contributed by atoms with van der Waals surface area (Å²) in [5, 5.41) is 2.42. The first-order valence-corrected chi connectivity index (χ1v) is 8.38. The Labute approximate surface area is 152 Å². The van der Waals surface area contributed by atoms with Crippen LogP contribution >= 0.6 is 0 Å². The van der Waals surface area contributed by atoms with Crippen LogP contribution in [-0.4, -0.2) is 92.6 Å². The van der Waals surface area contributed by atoms with Gasteiger partial charge in [-0.05, 0) is 19.8 Å². The van der Waals surface area contributed by atoms with Gasteiger partial charge in [0, 0.05) is 27.8 Å². The molecule has 1 rings (SSSR count). The van der Waals surface area contributed by atoms with Gasteiger partial charge in [0.2, 0.25) is 17.7 Å². The van der Waals surface area contributed by atoms with Crippen LogP contribution in [0, 0.1) is 0 Å². The number of likely N-dealkylation sites (tertiary alicyclic amines) is 1. The molecule has 26 heavy (non-hydrogen) atoms. The van der Waals surface area contributed by atoms with Crippen LogP contribution in [0.25, 0.3) is 0 Å². The van der Waals surface area contributed by atoms with E-state index in [-0.39, 0.29) is 25.0 Å². The van der Waals surface area contributed by atoms with E-state index in [9.17, 15) is 19.2 Å². The summed E-state index contributed by atoms with van der Waals surface area (Å²) >= 11 is 0. The van der Waals surface area contributed by atoms with Gasteiger partial charge in [0.05, 0.1) is 13.2 Å². The number of methoxy groups -OCH3 is 2. The molecule has 1 fully saturated rings. The van der Waals surface area contributed by atoms with Crippen LogP contribution in [0.15, 0.2) is 0 Å². The summed E-state index contributed by atoms with van der Waals surface area (Å²) in [6.45, 7) is 1.78. The van der Waals surface area contributed by atoms with Crippen molar-refractivity contribution in [3.8, 4) is 0 Å². The van der Waals surface area contributed by atoms with Crippen molar-refractivity contribution >= 4 is 23.6 Å². The summed E-state index contributed by atoms with van der Waals surface area (Å²) in [7, 11) is 4.28. The van der Waals surface area contributed by atoms with Crippen LogP contribution in [-0.2, 0) is 28.7 Å². The fraction of sp³-hybridized carbons (Fsp3) is 0.750. The number of primary amides is 1. The zero-order valence-electron chi connectivity index (χ0n) is 15.7. The van der Waals surface area contributed by atoms with Crippen molar-refractivity contribution in [2.24, 2.45) is 5.73 Å². The van der Waals surface area contributed by atoms with Gasteiger partial charge in [-0.3, -0.25) is 19.2 Å². The van der Waals surface area contributed by atoms with Gasteiger partial charge in [-0.1, -0.05) is 0 Å². The molecule has 0 aromatic carbocycles. The van der Waals surface area contributed by atoms with E-state index in [1.807, 2.05) is 0 Å². The third-order valence-corrected chi connectivity index (χ3v) is 4.29. The summed E-state index contributed by atoms with van der Waals surface area (Å²) in [5.74, 6) is -1.86. The molecule has 10 heteroatoms. The Morgan fingerprint density at radius 2 is 1.96 bits per heavy atom. The number of carbonyl (C=O) groups excluding carboxylic acids is 4. The fourth-order valence-electron chi connectivity index (χ4n) is 2.77. The molecule has 10 nitrogen and oxygen atoms in total. The summed E-state index contributed by atoms with van der Waals surface area (Å²) in [6.07, 6.45) is 0.596. The van der Waals surface area contributed by atoms with Crippen molar-refractivity contribution in [2.75, 3.05) is 41.0 Å². The van der Waals surface area contributed by atoms with Gasteiger partial charge in [-0.15, -0.1) is 0 Å². The SMILES string of the molecule is COCC(NC(=O)CN(C)C(=O)C1CCCN1C(=O)C(C)OC)C(N)=O. The van der Waals surface area contributed by atoms with Crippen LogP contribution in [0.1, 0.15) is 19.8 Å². The topological polar surface area (TPSA) is 131 Å². The average Bonchev–Trinajstić information content (AvgIpc) is 3.08. The number of carbonyl (C=O) groups is 4. The lowest BCUT2D eigenvalue weighted by molar-refractivity contribution is -0.149. The Morgan fingerprint density at radius 3 is 2.50 bits per heavy atom. The predicted molar refractivity (Wildman–Crippen MR) is 91.8 cm³/mol. The average molecular weight is 372 g/mol. The van der Waals surface area contributed by atoms with Gasteiger partial charge in [0.15, 0.2) is 0 Å². The van der Waals surface area contributed by atoms with Crippen LogP contribution in [0.2, 0.25) is 0 Å². The molecule has 0 aromatic heterocycles. The van der Waals surface area contributed by atoms with Crippen molar-refractivity contribution < 1.29 is 28.7 Å². The number of amides is 4. The Balaban J connectivity index is 2.67. The normalized spacial score (nSPS) is 18.9. The molecule has 0 spiro atoms. The molecule has 1 aliphatic heterocycles. The maximum absolute atomic E-state index is 12.6. The number of nitrogens with one attached hydrogen (secondary N) is 1. The van der Waals surface area contributed by atoms with E-state index in [1.54, 1.807) is 6.92 Å². The smallest absolute Gasteiger partial charge is 0.252 e. The molecule has 1 saturated heterocycles. The van der Waals surface area contributed by atoms with Crippen LogP contribution in [0.5, 0.6) is 0 Å². The van der Waals surface area contributed by atoms with Crippen molar-refractivity contribution in [2.45, 2.75) is 38.0 Å². The number of hydrogen-bond acceptors (Lipinski definition) is 6. The zero-order chi connectivity index (χ0) is 19.9. The number of nitrogens with two attached hydrogens (primary N) is 1. The van der Waals surface area contributed by atoms with Gasteiger partial charge in [-0.25, -0.2) is 0 Å². The molecule has 0 aliphatic carbocycles. The number of ether oxygens (including phenoxy) is 2. The van der Waals surface area contributed by atoms with Gasteiger partial charge < -0.3 is 30.3 Å². The number of nitrogens with zero attached hydrogens (tertiary/aromatic N) is 2. The Morgan fingerprint density at radius 1 is 1.31 bits per heavy atom. The van der Waals surface area contributed by atoms with Crippen molar-refractivity contribution in [1.82, 2.24) is 15.1 Å². The Kier molecular flexibility index (Phi) is 8.46. The lowest BCUT2D eigenvalue weighted by atomic mass is 10.2. The minimum atomic E-state index is -0.969. The van der Waals surface area contributed by atoms with Crippen molar-refractivity contribution in [1.29, 1.82) is 0 Å². The molecule has 0 radical (unpaired) electrons. The summed E-state index contributed by atoms with van der Waals surface area (Å²) in [4.78, 5) is 51.0. The number of likely N-dealkylation sites (N-methyl/N-ethyl adjacent to an activating group) is 1. The van der Waals surface area contributed by atoms with E-state index in [1.165, 1.54) is 31.1 Å². The second-order valence-corrected chi connectivity index (χ2v) is 6.24. The highest BCUT2D eigenvalue weighted by molar-refractivity contribution is 5.93. The molecule has 1 aliphatic rings. The van der Waals surface area contributed by atoms with E-state index in [0.717, 1.165) is 0 Å². The molecule has 0 aromatic rings. The number of rotatable bonds is 9. The van der Waals surface area contributed by atoms with E-state index < -0.39 is 30.0 Å². The summed E-state index contributed by atoms with van der Waals surface area (Å²) in [5.41, 5.74) is 5.18. The molecule has 3 N–H and O–H groups in total. The first kappa shape index (κ1) is 21.8. The van der Waals surface area contributed by atoms with Crippen LogP contribution in [0.3, 0.4) is 0 Å². The standard InChI is InChI=1S/C16H28N4O6/c1-10(26-4)15(23)20-7-5-6-12(20)16(24)19(2)8-13(21)18-11(9-25-3)14(17)22/h10-12H,5-9H2,1-4H3,(H2,17,22)(H,18,21). The first-order valence-electron chi connectivity index (χ1n) is 8.38. The molecule has 0 saturated carbocycles. The molecular formula is C16H28N4O6. The monoisotopic (exact) mass is 372 g/mol. The highest BCUT2D eigenvalue weighted by Crippen LogP contribution is 2.20. The van der Waals surface area contributed by atoms with E-state index in [0.29, 0.717) is 19.4 Å². The number of hydrogen-bond donors (Lipinski definition) is 2. The third-order valence-electron chi connectivity index (χ3n) is 4.29. The lowest BCUT2D eigenvalue weighted by Crippen LogP contribution is -2.53. The molecule has 148 valence electrons. The largest absolute Gasteiger partial charge is 0.382 e. The molecule has 0 bridgehead atoms. The zero-order valence-corrected chi connectivity index (χ0v) is 15.7. The third kappa shape index (κ3) is 5.67. The lowest BCUT2D eigenvalue weighted by Gasteiger charge is -2.29. The van der Waals surface area contributed by atoms with Gasteiger partial charge in [0.1, 0.15) is 18.2 Å². The Bertz CT molecular complexity index is 541. The molecule has 3 atom stereocenters. The maximum Gasteiger partial charge on any atom is 0.252 e. The minimum Gasteiger partial charge on any atom is -0.382 e. The minimum absolute atomic E-state index is 0.0570. The second kappa shape index (κ2) is 10.1. The highest BCUT2D eigenvalue weighted by Gasteiger charge is 2.37. The van der Waals surface area contributed by atoms with E-state index in [2.05, 4.69) is 5.32 Å². The van der Waals surface area contributed by atoms with Gasteiger partial charge in [0.25, 0.3) is 5.91 Å². The molecule has 1 heterocycles. The maximum atomic E-state index is 12.6. The Hall–Kier alpha value is -2.20. The van der Waals surface area contributed by atoms with Crippen molar-refractivity contribution in [3.05, 3.63) is 0 Å². The molecule has 4 amide bonds. The summed E-state index contributed by atoms with van der Waals surface area (Å²) in [6, 6.07) is -1.59. The quantitative estimate of drug-likeness (QED) is 0.485. The van der Waals surface area contributed by atoms with Crippen LogP contribution < -0.4 is 11.1 Å². The van der Waals surface area contributed by atoms with Crippen LogP contribution in [0.4, 0.5) is 0 Å². The highest BCUT2D eigenvalue weighted by atomic mass is 16.5. The summed E-state index contributed by atoms with van der Waals surface area (Å²) < 4.78 is 9.85. The van der Waals surface area contributed by atoms with Crippen molar-refractivity contribution in [3.63, 3.8) is 0 Å². The fourth-order valence-corrected chi connectivity index (χ4v) is 2.77. The van der Waals surface area contributed by atoms with Gasteiger partial charge >= 0.3 is 0 Å². The first-order chi connectivity index (χ1) is 12.2.